The van der Waals surface area contributed by atoms with E-state index < -0.39 is 21.4 Å². The van der Waals surface area contributed by atoms with E-state index in [2.05, 4.69) is 237 Å². The first-order chi connectivity index (χ1) is 29.3. The maximum atomic E-state index is 7.40. The second kappa shape index (κ2) is 15.3. The molecule has 0 bridgehead atoms. The van der Waals surface area contributed by atoms with Gasteiger partial charge in [-0.3, -0.25) is 0 Å². The lowest BCUT2D eigenvalue weighted by molar-refractivity contribution is 0.388. The number of hydrogen-bond donors (Lipinski definition) is 0. The van der Waals surface area contributed by atoms with E-state index in [1.165, 1.54) is 21.8 Å². The Bertz CT molecular complexity index is 2790. The highest BCUT2D eigenvalue weighted by Gasteiger charge is 2.62. The first-order valence-corrected chi connectivity index (χ1v) is 20.3. The highest BCUT2D eigenvalue weighted by Crippen LogP contribution is 2.36. The molecule has 0 saturated carbocycles. The van der Waals surface area contributed by atoms with Crippen LogP contribution in [0.15, 0.2) is 224 Å². The maximum Gasteiger partial charge on any atom is 0.469 e. The van der Waals surface area contributed by atoms with Gasteiger partial charge in [0.15, 0.2) is 0 Å². The van der Waals surface area contributed by atoms with E-state index in [0.717, 1.165) is 38.9 Å². The molecule has 6 nitrogen and oxygen atoms in total. The third-order valence-electron chi connectivity index (χ3n) is 11.7. The van der Waals surface area contributed by atoms with Crippen LogP contribution in [-0.4, -0.2) is 44.5 Å². The zero-order valence-corrected chi connectivity index (χ0v) is 32.4. The first-order valence-electron chi connectivity index (χ1n) is 20.3. The zero-order chi connectivity index (χ0) is 39.1. The van der Waals surface area contributed by atoms with Crippen molar-refractivity contribution in [2.45, 2.75) is 0 Å². The Balaban J connectivity index is 1.16. The van der Waals surface area contributed by atoms with Crippen molar-refractivity contribution in [1.29, 1.82) is 0 Å². The van der Waals surface area contributed by atoms with Gasteiger partial charge in [0, 0.05) is 27.8 Å². The zero-order valence-electron chi connectivity index (χ0n) is 32.4. The van der Waals surface area contributed by atoms with Crippen molar-refractivity contribution in [3.63, 3.8) is 0 Å². The van der Waals surface area contributed by atoms with Gasteiger partial charge in [-0.05, 0) is 70.4 Å². The van der Waals surface area contributed by atoms with Crippen molar-refractivity contribution in [3.8, 4) is 5.69 Å². The SMILES string of the molecule is c1ccc(B2OB(c3ccccc3)N3B(O2)N(c2ccc(-n4c5ccccc5c5ccccc54)cc2)B(c2ccccc2)N(c2ccccc2)B3c2ccccc2)cc1. The van der Waals surface area contributed by atoms with E-state index in [0.29, 0.717) is 0 Å². The van der Waals surface area contributed by atoms with E-state index >= 15 is 0 Å². The molecule has 0 aliphatic carbocycles. The molecule has 0 amide bonds. The molecule has 276 valence electrons. The van der Waals surface area contributed by atoms with Crippen LogP contribution in [0.25, 0.3) is 27.5 Å². The maximum absolute atomic E-state index is 7.40. The van der Waals surface area contributed by atoms with E-state index in [4.69, 9.17) is 9.14 Å². The van der Waals surface area contributed by atoms with Gasteiger partial charge in [-0.15, -0.1) is 0 Å². The molecular formula is C48H37B5N4O2. The van der Waals surface area contributed by atoms with Gasteiger partial charge in [-0.25, -0.2) is 0 Å². The van der Waals surface area contributed by atoms with Crippen molar-refractivity contribution < 1.29 is 9.14 Å². The predicted octanol–water partition coefficient (Wildman–Crippen LogP) is 7.03. The topological polar surface area (TPSA) is 33.1 Å². The molecule has 0 radical (unpaired) electrons. The highest BCUT2D eigenvalue weighted by molar-refractivity contribution is 7.12. The fraction of sp³-hybridized carbons (Fsp3) is 0. The van der Waals surface area contributed by atoms with Gasteiger partial charge in [-0.1, -0.05) is 176 Å². The lowest BCUT2D eigenvalue weighted by Gasteiger charge is -2.58. The van der Waals surface area contributed by atoms with Gasteiger partial charge < -0.3 is 27.8 Å². The molecule has 2 aliphatic heterocycles. The van der Waals surface area contributed by atoms with Crippen LogP contribution >= 0.6 is 0 Å². The minimum atomic E-state index is -0.641. The summed E-state index contributed by atoms with van der Waals surface area (Å²) in [6, 6.07) is 79.6. The quantitative estimate of drug-likeness (QED) is 0.164. The Morgan fingerprint density at radius 1 is 0.322 bits per heavy atom. The van der Waals surface area contributed by atoms with E-state index in [9.17, 15) is 0 Å². The summed E-state index contributed by atoms with van der Waals surface area (Å²) in [6.45, 7) is -0.598. The fourth-order valence-corrected chi connectivity index (χ4v) is 9.17. The number of hydrogen-bond acceptors (Lipinski definition) is 5. The lowest BCUT2D eigenvalue weighted by atomic mass is 9.36. The van der Waals surface area contributed by atoms with Gasteiger partial charge in [-0.2, -0.15) is 0 Å². The fourth-order valence-electron chi connectivity index (χ4n) is 9.17. The number of anilines is 2. The normalized spacial score (nSPS) is 14.7. The molecule has 0 atom stereocenters. The molecule has 2 aliphatic rings. The summed E-state index contributed by atoms with van der Waals surface area (Å²) >= 11 is 0. The number of rotatable bonds is 7. The summed E-state index contributed by atoms with van der Waals surface area (Å²) in [6.07, 6.45) is 0. The van der Waals surface area contributed by atoms with E-state index in [1.807, 2.05) is 6.07 Å². The molecule has 11 rings (SSSR count). The third-order valence-corrected chi connectivity index (χ3v) is 11.7. The number of para-hydroxylation sites is 3. The standard InChI is InChI=1S/C48H37B5N4O2/c1-6-20-38(21-7-1)49-55(43-28-14-5-15-29-43)50(39-22-8-2-9-23-39)57-51(40-24-10-3-11-25-40)58-52(41-26-12-4-13-27-41)59-53(57)56(49)44-36-34-42(35-37-44)54-47-32-18-16-30-45(47)46-31-17-19-33-48(46)54/h1-37H. The summed E-state index contributed by atoms with van der Waals surface area (Å²) in [5.41, 5.74) is 9.85. The van der Waals surface area contributed by atoms with Crippen molar-refractivity contribution in [2.24, 2.45) is 0 Å². The van der Waals surface area contributed by atoms with Crippen molar-refractivity contribution >= 4 is 90.4 Å². The number of aromatic nitrogens is 1. The van der Waals surface area contributed by atoms with Gasteiger partial charge in [0.25, 0.3) is 0 Å². The molecule has 2 fully saturated rings. The summed E-state index contributed by atoms with van der Waals surface area (Å²) in [4.78, 5) is 0. The smallest absolute Gasteiger partial charge is 0.456 e. The summed E-state index contributed by atoms with van der Waals surface area (Å²) in [7, 11) is -1.69. The molecule has 59 heavy (non-hydrogen) atoms. The second-order valence-corrected chi connectivity index (χ2v) is 15.2. The van der Waals surface area contributed by atoms with Crippen LogP contribution in [0.5, 0.6) is 0 Å². The Morgan fingerprint density at radius 2 is 0.746 bits per heavy atom. The van der Waals surface area contributed by atoms with Crippen LogP contribution in [0.4, 0.5) is 11.4 Å². The molecule has 3 heterocycles. The van der Waals surface area contributed by atoms with Crippen LogP contribution in [0.3, 0.4) is 0 Å². The summed E-state index contributed by atoms with van der Waals surface area (Å²) < 4.78 is 24.4. The monoisotopic (exact) mass is 756 g/mol. The second-order valence-electron chi connectivity index (χ2n) is 15.2. The molecule has 2 saturated heterocycles. The molecule has 8 aromatic carbocycles. The lowest BCUT2D eigenvalue weighted by Crippen LogP contribution is -2.89. The van der Waals surface area contributed by atoms with Crippen LogP contribution < -0.4 is 31.3 Å². The Kier molecular flexibility index (Phi) is 9.19. The minimum Gasteiger partial charge on any atom is -0.456 e. The highest BCUT2D eigenvalue weighted by atomic mass is 16.6. The molecule has 0 N–H and O–H groups in total. The number of benzene rings is 8. The number of nitrogens with zero attached hydrogens (tertiary/aromatic N) is 4. The van der Waals surface area contributed by atoms with Gasteiger partial charge in [0.1, 0.15) is 0 Å². The predicted molar refractivity (Wildman–Crippen MR) is 249 cm³/mol. The average molecular weight is 756 g/mol. The van der Waals surface area contributed by atoms with Crippen LogP contribution in [0, 0.1) is 0 Å². The Labute approximate surface area is 346 Å². The van der Waals surface area contributed by atoms with Gasteiger partial charge in [0.05, 0.1) is 11.0 Å². The largest absolute Gasteiger partial charge is 0.469 e. The first kappa shape index (κ1) is 35.5. The minimum absolute atomic E-state index is 0.296. The van der Waals surface area contributed by atoms with Gasteiger partial charge >= 0.3 is 35.3 Å². The van der Waals surface area contributed by atoms with E-state index in [-0.39, 0.29) is 14.0 Å². The Morgan fingerprint density at radius 3 is 1.31 bits per heavy atom. The van der Waals surface area contributed by atoms with Crippen molar-refractivity contribution in [2.75, 3.05) is 9.44 Å². The van der Waals surface area contributed by atoms with E-state index in [1.54, 1.807) is 0 Å². The molecule has 11 heteroatoms. The van der Waals surface area contributed by atoms with Gasteiger partial charge in [0.2, 0.25) is 0 Å². The van der Waals surface area contributed by atoms with Crippen LogP contribution in [-0.2, 0) is 9.14 Å². The number of fused-ring (bicyclic) bond motifs is 4. The Hall–Kier alpha value is -6.64. The molecular weight excluding hydrogens is 719 g/mol. The van der Waals surface area contributed by atoms with Crippen LogP contribution in [0.1, 0.15) is 0 Å². The summed E-state index contributed by atoms with van der Waals surface area (Å²) in [5.74, 6) is 0. The molecule has 1 aromatic heterocycles. The average Bonchev–Trinajstić information content (AvgIpc) is 3.66. The molecule has 9 aromatic rings. The van der Waals surface area contributed by atoms with Crippen molar-refractivity contribution in [3.05, 3.63) is 224 Å². The van der Waals surface area contributed by atoms with Crippen LogP contribution in [0.2, 0.25) is 0 Å². The van der Waals surface area contributed by atoms with Crippen molar-refractivity contribution in [1.82, 2.24) is 9.20 Å². The third kappa shape index (κ3) is 6.26. The molecule has 0 spiro atoms. The molecule has 0 unspecified atom stereocenters. The summed E-state index contributed by atoms with van der Waals surface area (Å²) in [5, 5.41) is 2.48.